The fourth-order valence-electron chi connectivity index (χ4n) is 1.94. The molecule has 0 aliphatic carbocycles. The van der Waals surface area contributed by atoms with Crippen LogP contribution in [-0.4, -0.2) is 66.7 Å². The first kappa shape index (κ1) is 17.2. The van der Waals surface area contributed by atoms with E-state index in [4.69, 9.17) is 19.7 Å². The number of amides is 2. The lowest BCUT2D eigenvalue weighted by molar-refractivity contribution is -0.140. The number of rotatable bonds is 8. The lowest BCUT2D eigenvalue weighted by Gasteiger charge is -2.26. The van der Waals surface area contributed by atoms with Crippen LogP contribution in [0.2, 0.25) is 0 Å². The summed E-state index contributed by atoms with van der Waals surface area (Å²) in [5.41, 5.74) is -0.600. The van der Waals surface area contributed by atoms with Crippen molar-refractivity contribution in [1.29, 1.82) is 0 Å². The minimum absolute atomic E-state index is 0.181. The molecule has 1 heterocycles. The maximum Gasteiger partial charge on any atom is 0.326 e. The molecule has 21 heavy (non-hydrogen) atoms. The van der Waals surface area contributed by atoms with Gasteiger partial charge >= 0.3 is 18.0 Å². The van der Waals surface area contributed by atoms with Crippen LogP contribution in [0.15, 0.2) is 0 Å². The van der Waals surface area contributed by atoms with Gasteiger partial charge in [-0.15, -0.1) is 0 Å². The number of hydrogen-bond acceptors (Lipinski definition) is 5. The number of methoxy groups -OCH3 is 1. The summed E-state index contributed by atoms with van der Waals surface area (Å²) in [5, 5.41) is 22.2. The summed E-state index contributed by atoms with van der Waals surface area (Å²) in [7, 11) is 1.52. The van der Waals surface area contributed by atoms with Crippen molar-refractivity contribution in [2.75, 3.05) is 26.9 Å². The second-order valence-electron chi connectivity index (χ2n) is 4.84. The molecule has 1 aliphatic rings. The average molecular weight is 304 g/mol. The third kappa shape index (κ3) is 5.56. The van der Waals surface area contributed by atoms with Crippen LogP contribution in [0.4, 0.5) is 4.79 Å². The van der Waals surface area contributed by atoms with Crippen molar-refractivity contribution < 1.29 is 34.1 Å². The van der Waals surface area contributed by atoms with Crippen molar-refractivity contribution in [2.24, 2.45) is 0 Å². The number of carbonyl (C=O) groups is 3. The zero-order chi connectivity index (χ0) is 15.9. The predicted octanol–water partition coefficient (Wildman–Crippen LogP) is -0.591. The monoisotopic (exact) mass is 304 g/mol. The number of carboxylic acid groups (broad SMARTS) is 2. The van der Waals surface area contributed by atoms with Crippen LogP contribution in [0.1, 0.15) is 19.3 Å². The molecule has 9 nitrogen and oxygen atoms in total. The second kappa shape index (κ2) is 7.79. The second-order valence-corrected chi connectivity index (χ2v) is 4.84. The van der Waals surface area contributed by atoms with E-state index in [-0.39, 0.29) is 19.4 Å². The highest BCUT2D eigenvalue weighted by molar-refractivity contribution is 5.83. The minimum atomic E-state index is -1.28. The average Bonchev–Trinajstić information content (AvgIpc) is 2.90. The highest BCUT2D eigenvalue weighted by Gasteiger charge is 2.35. The molecular formula is C12H20N2O7. The van der Waals surface area contributed by atoms with Crippen molar-refractivity contribution in [3.8, 4) is 0 Å². The van der Waals surface area contributed by atoms with Gasteiger partial charge in [-0.05, 0) is 6.42 Å². The lowest BCUT2D eigenvalue weighted by Crippen LogP contribution is -2.51. The molecule has 0 bridgehead atoms. The van der Waals surface area contributed by atoms with Gasteiger partial charge in [0.15, 0.2) is 0 Å². The number of nitrogens with one attached hydrogen (secondary N) is 2. The zero-order valence-corrected chi connectivity index (χ0v) is 11.8. The molecule has 0 saturated carbocycles. The van der Waals surface area contributed by atoms with E-state index in [0.717, 1.165) is 0 Å². The van der Waals surface area contributed by atoms with Crippen LogP contribution in [0.25, 0.3) is 0 Å². The molecule has 2 atom stereocenters. The minimum Gasteiger partial charge on any atom is -0.481 e. The standard InChI is InChI=1S/C12H20N2O7/c1-20-12(4-5-21-7-12)6-13-11(19)14-8(10(17)18)2-3-9(15)16/h8H,2-7H2,1H3,(H,15,16)(H,17,18)(H2,13,14,19). The molecule has 1 aliphatic heterocycles. The smallest absolute Gasteiger partial charge is 0.326 e. The highest BCUT2D eigenvalue weighted by atomic mass is 16.5. The summed E-state index contributed by atoms with van der Waals surface area (Å²) < 4.78 is 10.5. The number of urea groups is 1. The first-order valence-electron chi connectivity index (χ1n) is 6.50. The molecule has 0 aromatic heterocycles. The number of aliphatic carboxylic acids is 2. The Morgan fingerprint density at radius 2 is 2.10 bits per heavy atom. The number of hydrogen-bond donors (Lipinski definition) is 4. The van der Waals surface area contributed by atoms with Gasteiger partial charge in [0, 0.05) is 26.6 Å². The summed E-state index contributed by atoms with van der Waals surface area (Å²) in [6.07, 6.45) is 0.106. The molecule has 2 unspecified atom stereocenters. The van der Waals surface area contributed by atoms with E-state index in [1.54, 1.807) is 0 Å². The summed E-state index contributed by atoms with van der Waals surface area (Å²) in [6.45, 7) is 1.07. The van der Waals surface area contributed by atoms with E-state index in [1.807, 2.05) is 0 Å². The van der Waals surface area contributed by atoms with Gasteiger partial charge in [0.2, 0.25) is 0 Å². The van der Waals surface area contributed by atoms with Crippen LogP contribution in [0.5, 0.6) is 0 Å². The Labute approximate surface area is 121 Å². The highest BCUT2D eigenvalue weighted by Crippen LogP contribution is 2.21. The fourth-order valence-corrected chi connectivity index (χ4v) is 1.94. The summed E-state index contributed by atoms with van der Waals surface area (Å²) in [4.78, 5) is 33.1. The molecule has 4 N–H and O–H groups in total. The molecule has 0 aromatic carbocycles. The maximum atomic E-state index is 11.7. The van der Waals surface area contributed by atoms with Gasteiger partial charge in [-0.3, -0.25) is 4.79 Å². The van der Waals surface area contributed by atoms with Gasteiger partial charge < -0.3 is 30.3 Å². The Bertz CT molecular complexity index is 393. The van der Waals surface area contributed by atoms with Gasteiger partial charge in [-0.25, -0.2) is 9.59 Å². The SMILES string of the molecule is COC1(CNC(=O)NC(CCC(=O)O)C(=O)O)CCOC1. The Hall–Kier alpha value is -1.87. The number of ether oxygens (including phenoxy) is 2. The Balaban J connectivity index is 2.42. The molecule has 9 heteroatoms. The van der Waals surface area contributed by atoms with Gasteiger partial charge in [0.25, 0.3) is 0 Å². The van der Waals surface area contributed by atoms with Crippen LogP contribution in [0, 0.1) is 0 Å². The molecule has 0 spiro atoms. The molecule has 0 aromatic rings. The van der Waals surface area contributed by atoms with Crippen LogP contribution in [-0.2, 0) is 19.1 Å². The predicted molar refractivity (Wildman–Crippen MR) is 70.0 cm³/mol. The van der Waals surface area contributed by atoms with Crippen molar-refractivity contribution >= 4 is 18.0 Å². The molecule has 1 saturated heterocycles. The van der Waals surface area contributed by atoms with E-state index < -0.39 is 29.6 Å². The fraction of sp³-hybridized carbons (Fsp3) is 0.750. The number of carboxylic acids is 2. The van der Waals surface area contributed by atoms with E-state index in [9.17, 15) is 14.4 Å². The van der Waals surface area contributed by atoms with E-state index in [2.05, 4.69) is 10.6 Å². The van der Waals surface area contributed by atoms with Crippen LogP contribution in [0.3, 0.4) is 0 Å². The van der Waals surface area contributed by atoms with Gasteiger partial charge in [0.05, 0.1) is 13.2 Å². The Kier molecular flexibility index (Phi) is 6.38. The van der Waals surface area contributed by atoms with Crippen molar-refractivity contribution in [1.82, 2.24) is 10.6 Å². The summed E-state index contributed by atoms with van der Waals surface area (Å²) in [5.74, 6) is -2.40. The maximum absolute atomic E-state index is 11.7. The summed E-state index contributed by atoms with van der Waals surface area (Å²) >= 11 is 0. The first-order valence-corrected chi connectivity index (χ1v) is 6.50. The van der Waals surface area contributed by atoms with Gasteiger partial charge in [-0.2, -0.15) is 0 Å². The molecule has 0 radical (unpaired) electrons. The summed E-state index contributed by atoms with van der Waals surface area (Å²) in [6, 6.07) is -1.93. The van der Waals surface area contributed by atoms with E-state index in [1.165, 1.54) is 7.11 Å². The molecule has 1 rings (SSSR count). The van der Waals surface area contributed by atoms with E-state index in [0.29, 0.717) is 19.6 Å². The van der Waals surface area contributed by atoms with Crippen molar-refractivity contribution in [3.63, 3.8) is 0 Å². The van der Waals surface area contributed by atoms with Crippen molar-refractivity contribution in [3.05, 3.63) is 0 Å². The largest absolute Gasteiger partial charge is 0.481 e. The third-order valence-electron chi connectivity index (χ3n) is 3.32. The quantitative estimate of drug-likeness (QED) is 0.471. The lowest BCUT2D eigenvalue weighted by atomic mass is 10.0. The van der Waals surface area contributed by atoms with Crippen LogP contribution < -0.4 is 10.6 Å². The molecule has 2 amide bonds. The Morgan fingerprint density at radius 3 is 2.57 bits per heavy atom. The van der Waals surface area contributed by atoms with Gasteiger partial charge in [0.1, 0.15) is 11.6 Å². The van der Waals surface area contributed by atoms with Crippen LogP contribution >= 0.6 is 0 Å². The van der Waals surface area contributed by atoms with E-state index >= 15 is 0 Å². The normalized spacial score (nSPS) is 22.5. The molecule has 120 valence electrons. The molecule has 1 fully saturated rings. The topological polar surface area (TPSA) is 134 Å². The molecular weight excluding hydrogens is 284 g/mol. The number of carbonyl (C=O) groups excluding carboxylic acids is 1. The zero-order valence-electron chi connectivity index (χ0n) is 11.8. The Morgan fingerprint density at radius 1 is 1.38 bits per heavy atom. The van der Waals surface area contributed by atoms with Gasteiger partial charge in [-0.1, -0.05) is 0 Å². The first-order chi connectivity index (χ1) is 9.88. The third-order valence-corrected chi connectivity index (χ3v) is 3.32. The van der Waals surface area contributed by atoms with Crippen molar-refractivity contribution in [2.45, 2.75) is 30.9 Å².